The lowest BCUT2D eigenvalue weighted by Crippen LogP contribution is -2.01. The highest BCUT2D eigenvalue weighted by Crippen LogP contribution is 2.17. The first-order valence-electron chi connectivity index (χ1n) is 5.25. The van der Waals surface area contributed by atoms with Crippen LogP contribution in [-0.2, 0) is 6.54 Å². The molecule has 78 valence electrons. The minimum Gasteiger partial charge on any atom is -0.351 e. The van der Waals surface area contributed by atoms with Crippen molar-refractivity contribution in [2.45, 2.75) is 47.1 Å². The van der Waals surface area contributed by atoms with Gasteiger partial charge in [-0.1, -0.05) is 13.3 Å². The molecule has 14 heavy (non-hydrogen) atoms. The Bertz CT molecular complexity index is 336. The molecule has 1 heterocycles. The lowest BCUT2D eigenvalue weighted by Gasteiger charge is -2.04. The predicted molar refractivity (Wildman–Crippen MR) is 58.8 cm³/mol. The number of unbranched alkanes of at least 4 members (excludes halogenated alkanes) is 1. The van der Waals surface area contributed by atoms with Gasteiger partial charge < -0.3 is 4.57 Å². The first-order chi connectivity index (χ1) is 6.57. The summed E-state index contributed by atoms with van der Waals surface area (Å²) in [6.45, 7) is 8.87. The maximum atomic E-state index is 11.4. The standard InChI is InChI=1S/C12H19NO/c1-5-6-7-13-8-9(2)12(10(13)3)11(4)14/h8H,5-7H2,1-4H3. The number of carbonyl (C=O) groups excluding carboxylic acids is 1. The summed E-state index contributed by atoms with van der Waals surface area (Å²) in [6, 6.07) is 0. The molecule has 0 spiro atoms. The first-order valence-corrected chi connectivity index (χ1v) is 5.25. The quantitative estimate of drug-likeness (QED) is 0.673. The van der Waals surface area contributed by atoms with Crippen LogP contribution in [0.15, 0.2) is 6.20 Å². The molecule has 0 radical (unpaired) electrons. The third-order valence-corrected chi connectivity index (χ3v) is 2.64. The Kier molecular flexibility index (Phi) is 3.50. The Hall–Kier alpha value is -1.05. The largest absolute Gasteiger partial charge is 0.351 e. The SMILES string of the molecule is CCCCn1cc(C)c(C(C)=O)c1C. The van der Waals surface area contributed by atoms with Gasteiger partial charge in [0, 0.05) is 24.0 Å². The zero-order chi connectivity index (χ0) is 10.7. The van der Waals surface area contributed by atoms with Crippen LogP contribution in [0.5, 0.6) is 0 Å². The number of ketones is 1. The van der Waals surface area contributed by atoms with Crippen molar-refractivity contribution in [3.63, 3.8) is 0 Å². The summed E-state index contributed by atoms with van der Waals surface area (Å²) in [5.74, 6) is 0.176. The van der Waals surface area contributed by atoms with E-state index >= 15 is 0 Å². The fourth-order valence-electron chi connectivity index (χ4n) is 1.92. The third kappa shape index (κ3) is 2.06. The summed E-state index contributed by atoms with van der Waals surface area (Å²) < 4.78 is 2.19. The fourth-order valence-corrected chi connectivity index (χ4v) is 1.92. The van der Waals surface area contributed by atoms with Crippen molar-refractivity contribution in [3.05, 3.63) is 23.0 Å². The van der Waals surface area contributed by atoms with Gasteiger partial charge in [-0.25, -0.2) is 0 Å². The van der Waals surface area contributed by atoms with E-state index in [0.717, 1.165) is 23.4 Å². The van der Waals surface area contributed by atoms with Crippen molar-refractivity contribution in [1.82, 2.24) is 4.57 Å². The van der Waals surface area contributed by atoms with Crippen molar-refractivity contribution in [2.24, 2.45) is 0 Å². The van der Waals surface area contributed by atoms with Crippen LogP contribution in [0.1, 0.15) is 48.3 Å². The zero-order valence-electron chi connectivity index (χ0n) is 9.55. The van der Waals surface area contributed by atoms with E-state index in [-0.39, 0.29) is 5.78 Å². The number of rotatable bonds is 4. The molecular weight excluding hydrogens is 174 g/mol. The number of carbonyl (C=O) groups is 1. The van der Waals surface area contributed by atoms with Crippen LogP contribution >= 0.6 is 0 Å². The predicted octanol–water partition coefficient (Wildman–Crippen LogP) is 3.11. The summed E-state index contributed by atoms with van der Waals surface area (Å²) in [4.78, 5) is 11.4. The second-order valence-corrected chi connectivity index (χ2v) is 3.88. The van der Waals surface area contributed by atoms with Crippen LogP contribution in [0.2, 0.25) is 0 Å². The van der Waals surface area contributed by atoms with Crippen LogP contribution in [0.3, 0.4) is 0 Å². The van der Waals surface area contributed by atoms with Crippen molar-refractivity contribution in [2.75, 3.05) is 0 Å². The summed E-state index contributed by atoms with van der Waals surface area (Å²) in [6.07, 6.45) is 4.44. The highest BCUT2D eigenvalue weighted by Gasteiger charge is 2.12. The van der Waals surface area contributed by atoms with Gasteiger partial charge in [-0.05, 0) is 32.8 Å². The normalized spacial score (nSPS) is 10.6. The zero-order valence-corrected chi connectivity index (χ0v) is 9.55. The van der Waals surface area contributed by atoms with Gasteiger partial charge in [-0.15, -0.1) is 0 Å². The third-order valence-electron chi connectivity index (χ3n) is 2.64. The molecule has 0 bridgehead atoms. The Labute approximate surface area is 85.9 Å². The highest BCUT2D eigenvalue weighted by atomic mass is 16.1. The molecule has 2 nitrogen and oxygen atoms in total. The molecule has 0 atom stereocenters. The molecule has 1 aromatic heterocycles. The second-order valence-electron chi connectivity index (χ2n) is 3.88. The van der Waals surface area contributed by atoms with Gasteiger partial charge >= 0.3 is 0 Å². The molecule has 0 aliphatic carbocycles. The molecule has 0 saturated carbocycles. The van der Waals surface area contributed by atoms with E-state index in [1.807, 2.05) is 13.8 Å². The number of aryl methyl sites for hydroxylation is 2. The van der Waals surface area contributed by atoms with E-state index in [4.69, 9.17) is 0 Å². The summed E-state index contributed by atoms with van der Waals surface area (Å²) in [5, 5.41) is 0. The molecule has 1 aromatic rings. The number of nitrogens with zero attached hydrogens (tertiary/aromatic N) is 1. The van der Waals surface area contributed by atoms with Crippen LogP contribution in [0, 0.1) is 13.8 Å². The van der Waals surface area contributed by atoms with Crippen molar-refractivity contribution >= 4 is 5.78 Å². The molecule has 0 N–H and O–H groups in total. The smallest absolute Gasteiger partial charge is 0.161 e. The van der Waals surface area contributed by atoms with E-state index in [2.05, 4.69) is 17.7 Å². The second kappa shape index (κ2) is 4.45. The fraction of sp³-hybridized carbons (Fsp3) is 0.583. The number of Topliss-reactive ketones (excluding diaryl/α,β-unsaturated/α-hetero) is 1. The molecule has 0 aliphatic heterocycles. The number of hydrogen-bond acceptors (Lipinski definition) is 1. The van der Waals surface area contributed by atoms with Gasteiger partial charge in [0.2, 0.25) is 0 Å². The van der Waals surface area contributed by atoms with E-state index in [9.17, 15) is 4.79 Å². The minimum absolute atomic E-state index is 0.176. The maximum absolute atomic E-state index is 11.4. The van der Waals surface area contributed by atoms with E-state index in [0.29, 0.717) is 0 Å². The molecule has 2 heteroatoms. The molecule has 0 saturated heterocycles. The molecule has 0 amide bonds. The van der Waals surface area contributed by atoms with Gasteiger partial charge in [-0.2, -0.15) is 0 Å². The topological polar surface area (TPSA) is 22.0 Å². The highest BCUT2D eigenvalue weighted by molar-refractivity contribution is 5.96. The van der Waals surface area contributed by atoms with E-state index in [1.54, 1.807) is 6.92 Å². The summed E-state index contributed by atoms with van der Waals surface area (Å²) >= 11 is 0. The lowest BCUT2D eigenvalue weighted by molar-refractivity contribution is 0.101. The van der Waals surface area contributed by atoms with Gasteiger partial charge in [0.15, 0.2) is 5.78 Å². The monoisotopic (exact) mass is 193 g/mol. The van der Waals surface area contributed by atoms with Crippen LogP contribution < -0.4 is 0 Å². The first kappa shape index (κ1) is 11.0. The molecule has 0 aromatic carbocycles. The van der Waals surface area contributed by atoms with Crippen molar-refractivity contribution < 1.29 is 4.79 Å². The average molecular weight is 193 g/mol. The Balaban J connectivity index is 2.98. The average Bonchev–Trinajstić information content (AvgIpc) is 2.38. The maximum Gasteiger partial charge on any atom is 0.161 e. The van der Waals surface area contributed by atoms with Gasteiger partial charge in [-0.3, -0.25) is 4.79 Å². The molecular formula is C12H19NO. The van der Waals surface area contributed by atoms with E-state index in [1.165, 1.54) is 12.8 Å². The van der Waals surface area contributed by atoms with Crippen molar-refractivity contribution in [1.29, 1.82) is 0 Å². The van der Waals surface area contributed by atoms with Crippen molar-refractivity contribution in [3.8, 4) is 0 Å². The molecule has 0 aliphatic rings. The molecule has 0 fully saturated rings. The Morgan fingerprint density at radius 2 is 2.07 bits per heavy atom. The number of aromatic nitrogens is 1. The van der Waals surface area contributed by atoms with Gasteiger partial charge in [0.1, 0.15) is 0 Å². The Morgan fingerprint density at radius 3 is 2.50 bits per heavy atom. The van der Waals surface area contributed by atoms with E-state index < -0.39 is 0 Å². The summed E-state index contributed by atoms with van der Waals surface area (Å²) in [7, 11) is 0. The van der Waals surface area contributed by atoms with Crippen LogP contribution in [-0.4, -0.2) is 10.4 Å². The van der Waals surface area contributed by atoms with Gasteiger partial charge in [0.05, 0.1) is 0 Å². The molecule has 0 unspecified atom stereocenters. The molecule has 1 rings (SSSR count). The number of hydrogen-bond donors (Lipinski definition) is 0. The minimum atomic E-state index is 0.176. The van der Waals surface area contributed by atoms with Gasteiger partial charge in [0.25, 0.3) is 0 Å². The Morgan fingerprint density at radius 1 is 1.43 bits per heavy atom. The lowest BCUT2D eigenvalue weighted by atomic mass is 10.1. The van der Waals surface area contributed by atoms with Crippen LogP contribution in [0.4, 0.5) is 0 Å². The van der Waals surface area contributed by atoms with Crippen LogP contribution in [0.25, 0.3) is 0 Å². The summed E-state index contributed by atoms with van der Waals surface area (Å²) in [5.41, 5.74) is 3.12.